The molecule has 1 unspecified atom stereocenters. The van der Waals surface area contributed by atoms with Gasteiger partial charge in [-0.15, -0.1) is 0 Å². The molecule has 0 aliphatic carbocycles. The van der Waals surface area contributed by atoms with E-state index in [-0.39, 0.29) is 4.83 Å². The zero-order valence-electron chi connectivity index (χ0n) is 10.6. The lowest BCUT2D eigenvalue weighted by Gasteiger charge is -2.13. The Morgan fingerprint density at radius 3 is 2.74 bits per heavy atom. The number of hydrogen-bond acceptors (Lipinski definition) is 1. The van der Waals surface area contributed by atoms with Crippen molar-refractivity contribution in [2.24, 2.45) is 0 Å². The first-order valence-corrected chi connectivity index (χ1v) is 8.01. The largest absolute Gasteiger partial charge is 0.493 e. The molecule has 2 aromatic carbocycles. The van der Waals surface area contributed by atoms with Crippen molar-refractivity contribution < 1.29 is 4.74 Å². The number of hydrogen-bond donors (Lipinski definition) is 0. The highest BCUT2D eigenvalue weighted by Gasteiger charge is 2.16. The molecule has 1 heterocycles. The third-order valence-electron chi connectivity index (χ3n) is 3.36. The van der Waals surface area contributed by atoms with Gasteiger partial charge in [0.05, 0.1) is 11.4 Å². The second-order valence-corrected chi connectivity index (χ2v) is 6.72. The molecule has 1 atom stereocenters. The molecule has 0 saturated carbocycles. The molecule has 3 heteroatoms. The van der Waals surface area contributed by atoms with Gasteiger partial charge in [-0.05, 0) is 47.4 Å². The summed E-state index contributed by atoms with van der Waals surface area (Å²) < 4.78 is 6.68. The maximum absolute atomic E-state index is 5.55. The first-order chi connectivity index (χ1) is 9.13. The minimum atomic E-state index is 0.217. The number of alkyl halides is 1. The SMILES string of the molecule is Cc1cc(Br)cc(C(Br)c2ccc3c(c2)CCO3)c1. The van der Waals surface area contributed by atoms with Crippen LogP contribution in [0.15, 0.2) is 40.9 Å². The van der Waals surface area contributed by atoms with Crippen molar-refractivity contribution in [1.82, 2.24) is 0 Å². The Kier molecular flexibility index (Phi) is 3.68. The molecule has 1 aliphatic rings. The van der Waals surface area contributed by atoms with Crippen LogP contribution in [0.25, 0.3) is 0 Å². The fourth-order valence-corrected chi connectivity index (χ4v) is 3.64. The first kappa shape index (κ1) is 13.2. The van der Waals surface area contributed by atoms with Crippen LogP contribution < -0.4 is 4.74 Å². The summed E-state index contributed by atoms with van der Waals surface area (Å²) in [6, 6.07) is 13.0. The average Bonchev–Trinajstić information content (AvgIpc) is 2.83. The second-order valence-electron chi connectivity index (χ2n) is 4.89. The van der Waals surface area contributed by atoms with Crippen LogP contribution in [0, 0.1) is 6.92 Å². The summed E-state index contributed by atoms with van der Waals surface area (Å²) >= 11 is 7.37. The average molecular weight is 382 g/mol. The lowest BCUT2D eigenvalue weighted by Crippen LogP contribution is -1.94. The molecule has 1 aliphatic heterocycles. The van der Waals surface area contributed by atoms with Gasteiger partial charge >= 0.3 is 0 Å². The van der Waals surface area contributed by atoms with Gasteiger partial charge in [-0.1, -0.05) is 50.1 Å². The van der Waals surface area contributed by atoms with Gasteiger partial charge in [0, 0.05) is 10.9 Å². The molecule has 0 radical (unpaired) electrons. The van der Waals surface area contributed by atoms with E-state index in [1.165, 1.54) is 22.3 Å². The molecule has 1 nitrogen and oxygen atoms in total. The Hall–Kier alpha value is -0.800. The van der Waals surface area contributed by atoms with E-state index in [0.717, 1.165) is 23.2 Å². The predicted molar refractivity (Wildman–Crippen MR) is 85.3 cm³/mol. The summed E-state index contributed by atoms with van der Waals surface area (Å²) in [4.78, 5) is 0.217. The van der Waals surface area contributed by atoms with Crippen molar-refractivity contribution >= 4 is 31.9 Å². The molecular weight excluding hydrogens is 368 g/mol. The van der Waals surface area contributed by atoms with E-state index >= 15 is 0 Å². The standard InChI is InChI=1S/C16H14Br2O/c1-10-6-13(9-14(17)7-10)16(18)12-2-3-15-11(8-12)4-5-19-15/h2-3,6-9,16H,4-5H2,1H3. The molecular formula is C16H14Br2O. The van der Waals surface area contributed by atoms with Crippen LogP contribution in [-0.2, 0) is 6.42 Å². The maximum Gasteiger partial charge on any atom is 0.122 e. The van der Waals surface area contributed by atoms with E-state index in [9.17, 15) is 0 Å². The van der Waals surface area contributed by atoms with Crippen molar-refractivity contribution in [3.05, 3.63) is 63.1 Å². The molecule has 0 bridgehead atoms. The molecule has 98 valence electrons. The van der Waals surface area contributed by atoms with E-state index in [0.29, 0.717) is 0 Å². The van der Waals surface area contributed by atoms with Crippen molar-refractivity contribution in [1.29, 1.82) is 0 Å². The van der Waals surface area contributed by atoms with Crippen LogP contribution in [0.4, 0.5) is 0 Å². The molecule has 19 heavy (non-hydrogen) atoms. The third-order valence-corrected chi connectivity index (χ3v) is 4.88. The molecule has 0 aromatic heterocycles. The second kappa shape index (κ2) is 5.29. The van der Waals surface area contributed by atoms with Crippen LogP contribution in [0.5, 0.6) is 5.75 Å². The smallest absolute Gasteiger partial charge is 0.122 e. The normalized spacial score (nSPS) is 14.9. The van der Waals surface area contributed by atoms with Crippen LogP contribution in [0.2, 0.25) is 0 Å². The number of fused-ring (bicyclic) bond motifs is 1. The fraction of sp³-hybridized carbons (Fsp3) is 0.250. The van der Waals surface area contributed by atoms with Gasteiger partial charge in [0.15, 0.2) is 0 Å². The zero-order valence-corrected chi connectivity index (χ0v) is 13.8. The van der Waals surface area contributed by atoms with Gasteiger partial charge in [-0.25, -0.2) is 0 Å². The van der Waals surface area contributed by atoms with Crippen molar-refractivity contribution in [2.45, 2.75) is 18.2 Å². The molecule has 2 aromatic rings. The lowest BCUT2D eigenvalue weighted by molar-refractivity contribution is 0.357. The number of rotatable bonds is 2. The van der Waals surface area contributed by atoms with Crippen LogP contribution in [-0.4, -0.2) is 6.61 Å². The fourth-order valence-electron chi connectivity index (χ4n) is 2.47. The highest BCUT2D eigenvalue weighted by molar-refractivity contribution is 9.10. The Morgan fingerprint density at radius 2 is 1.95 bits per heavy atom. The van der Waals surface area contributed by atoms with Crippen molar-refractivity contribution in [3.63, 3.8) is 0 Å². The van der Waals surface area contributed by atoms with Gasteiger partial charge in [-0.3, -0.25) is 0 Å². The molecule has 0 fully saturated rings. The highest BCUT2D eigenvalue weighted by atomic mass is 79.9. The quantitative estimate of drug-likeness (QED) is 0.651. The number of benzene rings is 2. The van der Waals surface area contributed by atoms with Crippen LogP contribution >= 0.6 is 31.9 Å². The molecule has 0 saturated heterocycles. The summed E-state index contributed by atoms with van der Waals surface area (Å²) in [5.74, 6) is 1.04. The summed E-state index contributed by atoms with van der Waals surface area (Å²) in [5, 5.41) is 0. The molecule has 3 rings (SSSR count). The van der Waals surface area contributed by atoms with Gasteiger partial charge < -0.3 is 4.74 Å². The van der Waals surface area contributed by atoms with E-state index in [1.807, 2.05) is 0 Å². The zero-order chi connectivity index (χ0) is 13.4. The van der Waals surface area contributed by atoms with E-state index in [1.54, 1.807) is 0 Å². The Balaban J connectivity index is 1.97. The van der Waals surface area contributed by atoms with Crippen LogP contribution in [0.3, 0.4) is 0 Å². The van der Waals surface area contributed by atoms with Crippen LogP contribution in [0.1, 0.15) is 27.1 Å². The predicted octanol–water partition coefficient (Wildman–Crippen LogP) is 5.18. The summed E-state index contributed by atoms with van der Waals surface area (Å²) in [6.45, 7) is 2.92. The number of halogens is 2. The number of ether oxygens (including phenoxy) is 1. The topological polar surface area (TPSA) is 9.23 Å². The molecule has 0 spiro atoms. The van der Waals surface area contributed by atoms with E-state index < -0.39 is 0 Å². The van der Waals surface area contributed by atoms with Crippen molar-refractivity contribution in [3.8, 4) is 5.75 Å². The lowest BCUT2D eigenvalue weighted by atomic mass is 10.0. The van der Waals surface area contributed by atoms with E-state index in [2.05, 4.69) is 75.2 Å². The van der Waals surface area contributed by atoms with Gasteiger partial charge in [0.25, 0.3) is 0 Å². The van der Waals surface area contributed by atoms with E-state index in [4.69, 9.17) is 4.74 Å². The van der Waals surface area contributed by atoms with Gasteiger partial charge in [0.1, 0.15) is 5.75 Å². The first-order valence-electron chi connectivity index (χ1n) is 6.30. The summed E-state index contributed by atoms with van der Waals surface area (Å²) in [7, 11) is 0. The maximum atomic E-state index is 5.55. The number of aryl methyl sites for hydroxylation is 1. The summed E-state index contributed by atoms with van der Waals surface area (Å²) in [5.41, 5.74) is 5.12. The molecule has 0 amide bonds. The Bertz CT molecular complexity index is 602. The van der Waals surface area contributed by atoms with Crippen molar-refractivity contribution in [2.75, 3.05) is 6.61 Å². The van der Waals surface area contributed by atoms with Gasteiger partial charge in [0.2, 0.25) is 0 Å². The highest BCUT2D eigenvalue weighted by Crippen LogP contribution is 2.36. The summed E-state index contributed by atoms with van der Waals surface area (Å²) in [6.07, 6.45) is 1.01. The molecule has 0 N–H and O–H groups in total. The Morgan fingerprint density at radius 1 is 1.11 bits per heavy atom. The minimum absolute atomic E-state index is 0.217. The van der Waals surface area contributed by atoms with Gasteiger partial charge in [-0.2, -0.15) is 0 Å². The Labute approximate surface area is 130 Å². The third kappa shape index (κ3) is 2.72. The monoisotopic (exact) mass is 380 g/mol. The minimum Gasteiger partial charge on any atom is -0.493 e.